The van der Waals surface area contributed by atoms with Crippen LogP contribution in [0.15, 0.2) is 0 Å². The number of esters is 4. The van der Waals surface area contributed by atoms with Crippen LogP contribution < -0.4 is 0 Å². The van der Waals surface area contributed by atoms with Gasteiger partial charge in [0.05, 0.1) is 26.4 Å². The molecule has 0 saturated heterocycles. The Hall–Kier alpha value is -1.94. The maximum absolute atomic E-state index is 13.1. The number of phosphoric acid groups is 2. The van der Waals surface area contributed by atoms with E-state index in [-0.39, 0.29) is 25.7 Å². The third kappa shape index (κ3) is 68.4. The molecule has 0 aromatic rings. The maximum Gasteiger partial charge on any atom is 0.472 e. The van der Waals surface area contributed by atoms with Crippen molar-refractivity contribution in [2.24, 2.45) is 0 Å². The molecule has 3 N–H and O–H groups in total. The fraction of sp³-hybridized carbons (Fsp3) is 0.946. The van der Waals surface area contributed by atoms with Crippen LogP contribution in [0, 0.1) is 0 Å². The summed E-state index contributed by atoms with van der Waals surface area (Å²) in [6, 6.07) is 0. The van der Waals surface area contributed by atoms with Gasteiger partial charge >= 0.3 is 39.5 Å². The van der Waals surface area contributed by atoms with Crippen molar-refractivity contribution in [3.63, 3.8) is 0 Å². The van der Waals surface area contributed by atoms with E-state index < -0.39 is 97.5 Å². The highest BCUT2D eigenvalue weighted by Gasteiger charge is 2.30. The van der Waals surface area contributed by atoms with E-state index >= 15 is 0 Å². The highest BCUT2D eigenvalue weighted by molar-refractivity contribution is 7.47. The van der Waals surface area contributed by atoms with Gasteiger partial charge in [-0.2, -0.15) is 0 Å². The molecule has 0 spiro atoms. The van der Waals surface area contributed by atoms with Gasteiger partial charge in [0.15, 0.2) is 12.2 Å². The van der Waals surface area contributed by atoms with Gasteiger partial charge in [-0.25, -0.2) is 9.13 Å². The highest BCUT2D eigenvalue weighted by atomic mass is 31.2. The molecule has 93 heavy (non-hydrogen) atoms. The van der Waals surface area contributed by atoms with E-state index in [4.69, 9.17) is 37.0 Å². The van der Waals surface area contributed by atoms with Crippen LogP contribution in [0.1, 0.15) is 394 Å². The number of carbonyl (C=O) groups is 4. The van der Waals surface area contributed by atoms with Crippen LogP contribution in [-0.4, -0.2) is 96.7 Å². The van der Waals surface area contributed by atoms with Gasteiger partial charge in [0.2, 0.25) is 0 Å². The van der Waals surface area contributed by atoms with Crippen LogP contribution in [0.5, 0.6) is 0 Å². The summed E-state index contributed by atoms with van der Waals surface area (Å²) in [4.78, 5) is 72.6. The quantitative estimate of drug-likeness (QED) is 0.0222. The Labute approximate surface area is 568 Å². The third-order valence-corrected chi connectivity index (χ3v) is 19.3. The molecule has 19 heteroatoms. The zero-order valence-corrected chi connectivity index (χ0v) is 62.0. The van der Waals surface area contributed by atoms with Gasteiger partial charge in [-0.05, 0) is 25.7 Å². The predicted molar refractivity (Wildman–Crippen MR) is 377 cm³/mol. The lowest BCUT2D eigenvalue weighted by molar-refractivity contribution is -0.161. The van der Waals surface area contributed by atoms with Crippen LogP contribution in [0.25, 0.3) is 0 Å². The van der Waals surface area contributed by atoms with Crippen LogP contribution in [0.3, 0.4) is 0 Å². The van der Waals surface area contributed by atoms with Crippen molar-refractivity contribution in [3.05, 3.63) is 0 Å². The molecule has 0 radical (unpaired) electrons. The zero-order chi connectivity index (χ0) is 68.2. The first-order chi connectivity index (χ1) is 45.2. The molecule has 552 valence electrons. The minimum Gasteiger partial charge on any atom is -0.462 e. The number of phosphoric ester groups is 2. The standard InChI is InChI=1S/C74H144O17P2/c1-5-9-13-17-21-24-27-30-32-34-36-38-41-43-47-51-55-59-72(77)85-65-70(91-74(79)61-57-53-49-45-42-39-37-35-33-31-28-25-22-18-14-10-6-2)67-89-93(82,83)87-63-68(75)62-86-92(80,81)88-66-69(64-84-71(76)58-54-50-46-20-16-12-8-4)90-73(78)60-56-52-48-44-40-29-26-23-19-15-11-7-3/h68-70,75H,5-67H2,1-4H3,(H,80,81)(H,82,83)/t68-,69+,70+/m0/s1. The number of aliphatic hydroxyl groups is 1. The fourth-order valence-electron chi connectivity index (χ4n) is 11.4. The molecular formula is C74H144O17P2. The Bertz CT molecular complexity index is 1770. The summed E-state index contributed by atoms with van der Waals surface area (Å²) >= 11 is 0. The van der Waals surface area contributed by atoms with Crippen molar-refractivity contribution in [3.8, 4) is 0 Å². The molecule has 0 rings (SSSR count). The molecule has 0 fully saturated rings. The summed E-state index contributed by atoms with van der Waals surface area (Å²) in [5, 5.41) is 10.6. The Kier molecular flexibility index (Phi) is 67.1. The van der Waals surface area contributed by atoms with Gasteiger partial charge in [0.1, 0.15) is 19.3 Å². The first kappa shape index (κ1) is 91.1. The van der Waals surface area contributed by atoms with Crippen molar-refractivity contribution >= 4 is 39.5 Å². The summed E-state index contributed by atoms with van der Waals surface area (Å²) in [6.07, 6.45) is 58.3. The van der Waals surface area contributed by atoms with Gasteiger partial charge in [-0.1, -0.05) is 342 Å². The normalized spacial score (nSPS) is 13.9. The van der Waals surface area contributed by atoms with E-state index in [1.54, 1.807) is 0 Å². The van der Waals surface area contributed by atoms with Gasteiger partial charge in [-0.15, -0.1) is 0 Å². The molecule has 0 heterocycles. The molecule has 0 aromatic carbocycles. The molecule has 17 nitrogen and oxygen atoms in total. The van der Waals surface area contributed by atoms with Crippen molar-refractivity contribution in [1.29, 1.82) is 0 Å². The summed E-state index contributed by atoms with van der Waals surface area (Å²) in [6.45, 7) is 4.94. The topological polar surface area (TPSA) is 237 Å². The lowest BCUT2D eigenvalue weighted by Crippen LogP contribution is -2.30. The lowest BCUT2D eigenvalue weighted by atomic mass is 10.0. The van der Waals surface area contributed by atoms with E-state index in [2.05, 4.69) is 27.7 Å². The van der Waals surface area contributed by atoms with E-state index in [0.29, 0.717) is 25.7 Å². The molecule has 0 aromatic heterocycles. The maximum atomic E-state index is 13.1. The molecule has 0 amide bonds. The first-order valence-electron chi connectivity index (χ1n) is 38.8. The minimum absolute atomic E-state index is 0.107. The number of rotatable bonds is 75. The Morgan fingerprint density at radius 3 is 0.634 bits per heavy atom. The second kappa shape index (κ2) is 68.6. The van der Waals surface area contributed by atoms with Gasteiger partial charge in [0, 0.05) is 25.7 Å². The zero-order valence-electron chi connectivity index (χ0n) is 60.2. The Morgan fingerprint density at radius 2 is 0.430 bits per heavy atom. The predicted octanol–water partition coefficient (Wildman–Crippen LogP) is 21.8. The molecule has 5 atom stereocenters. The van der Waals surface area contributed by atoms with Gasteiger partial charge < -0.3 is 33.8 Å². The van der Waals surface area contributed by atoms with Crippen molar-refractivity contribution < 1.29 is 80.2 Å². The number of carbonyl (C=O) groups excluding carboxylic acids is 4. The minimum atomic E-state index is -4.95. The Morgan fingerprint density at radius 1 is 0.258 bits per heavy atom. The van der Waals surface area contributed by atoms with Gasteiger partial charge in [0.25, 0.3) is 0 Å². The first-order valence-corrected chi connectivity index (χ1v) is 41.8. The molecule has 2 unspecified atom stereocenters. The SMILES string of the molecule is CCCCCCCCCCCCCCCCCCCC(=O)OC[C@H](COP(=O)(O)OC[C@@H](O)COP(=O)(O)OC[C@@H](COC(=O)CCCCCCCCC)OC(=O)CCCCCCCCCCCCCC)OC(=O)CCCCCCCCCCCCCCCCCCC. The molecule has 0 aliphatic rings. The average molecular weight is 1370 g/mol. The van der Waals surface area contributed by atoms with Crippen molar-refractivity contribution in [2.75, 3.05) is 39.6 Å². The van der Waals surface area contributed by atoms with Gasteiger partial charge in [-0.3, -0.25) is 37.3 Å². The summed E-state index contributed by atoms with van der Waals surface area (Å²) in [7, 11) is -9.90. The molecule has 0 bridgehead atoms. The molecule has 0 aliphatic carbocycles. The number of aliphatic hydroxyl groups excluding tert-OH is 1. The number of ether oxygens (including phenoxy) is 4. The fourth-order valence-corrected chi connectivity index (χ4v) is 13.0. The second-order valence-corrected chi connectivity index (χ2v) is 29.6. The van der Waals surface area contributed by atoms with Crippen LogP contribution in [-0.2, 0) is 65.4 Å². The van der Waals surface area contributed by atoms with Crippen LogP contribution >= 0.6 is 15.6 Å². The monoisotopic (exact) mass is 1370 g/mol. The summed E-state index contributed by atoms with van der Waals surface area (Å²) in [5.41, 5.74) is 0. The summed E-state index contributed by atoms with van der Waals surface area (Å²) in [5.74, 6) is -2.12. The van der Waals surface area contributed by atoms with Crippen molar-refractivity contribution in [2.45, 2.75) is 412 Å². The molecule has 0 aliphatic heterocycles. The second-order valence-electron chi connectivity index (χ2n) is 26.7. The summed E-state index contributed by atoms with van der Waals surface area (Å²) < 4.78 is 68.3. The lowest BCUT2D eigenvalue weighted by Gasteiger charge is -2.21. The smallest absolute Gasteiger partial charge is 0.462 e. The number of unbranched alkanes of at least 4 members (excludes halogenated alkanes) is 49. The molecule has 0 saturated carbocycles. The number of hydrogen-bond acceptors (Lipinski definition) is 15. The van der Waals surface area contributed by atoms with E-state index in [1.165, 1.54) is 212 Å². The highest BCUT2D eigenvalue weighted by Crippen LogP contribution is 2.45. The van der Waals surface area contributed by atoms with E-state index in [0.717, 1.165) is 103 Å². The van der Waals surface area contributed by atoms with E-state index in [9.17, 15) is 43.2 Å². The molecular weight excluding hydrogens is 1220 g/mol. The largest absolute Gasteiger partial charge is 0.472 e. The third-order valence-electron chi connectivity index (χ3n) is 17.4. The Balaban J connectivity index is 5.19. The van der Waals surface area contributed by atoms with Crippen LogP contribution in [0.4, 0.5) is 0 Å². The van der Waals surface area contributed by atoms with Crippen molar-refractivity contribution in [1.82, 2.24) is 0 Å². The van der Waals surface area contributed by atoms with Crippen LogP contribution in [0.2, 0.25) is 0 Å². The van der Waals surface area contributed by atoms with E-state index in [1.807, 2.05) is 0 Å². The average Bonchev–Trinajstić information content (AvgIpc) is 2.79. The number of hydrogen-bond donors (Lipinski definition) is 3.